The predicted octanol–water partition coefficient (Wildman–Crippen LogP) is 1.65. The average molecular weight is 215 g/mol. The van der Waals surface area contributed by atoms with Gasteiger partial charge in [-0.25, -0.2) is 9.97 Å². The third-order valence-corrected chi connectivity index (χ3v) is 2.23. The molecule has 0 radical (unpaired) electrons. The van der Waals surface area contributed by atoms with Gasteiger partial charge in [0.15, 0.2) is 5.82 Å². The van der Waals surface area contributed by atoms with E-state index in [1.165, 1.54) is 0 Å². The molecule has 0 aliphatic rings. The first kappa shape index (κ1) is 10.7. The summed E-state index contributed by atoms with van der Waals surface area (Å²) in [4.78, 5) is 12.7. The van der Waals surface area contributed by atoms with Crippen molar-refractivity contribution < 1.29 is 5.11 Å². The monoisotopic (exact) mass is 215 g/mol. The van der Waals surface area contributed by atoms with Crippen LogP contribution in [-0.2, 0) is 6.61 Å². The maximum Gasteiger partial charge on any atom is 0.159 e. The summed E-state index contributed by atoms with van der Waals surface area (Å²) in [6, 6.07) is 3.89. The first-order chi connectivity index (χ1) is 7.69. The van der Waals surface area contributed by atoms with E-state index in [0.717, 1.165) is 17.0 Å². The fourth-order valence-electron chi connectivity index (χ4n) is 1.55. The quantitative estimate of drug-likeness (QED) is 0.827. The highest BCUT2D eigenvalue weighted by Gasteiger charge is 2.03. The molecule has 0 saturated heterocycles. The Morgan fingerprint density at radius 1 is 1.06 bits per heavy atom. The molecule has 2 aromatic rings. The van der Waals surface area contributed by atoms with Crippen LogP contribution in [0.25, 0.3) is 11.4 Å². The van der Waals surface area contributed by atoms with Crippen molar-refractivity contribution in [2.45, 2.75) is 20.5 Å². The Morgan fingerprint density at radius 3 is 2.12 bits per heavy atom. The Balaban J connectivity index is 2.42. The van der Waals surface area contributed by atoms with Crippen LogP contribution in [0.3, 0.4) is 0 Å². The molecule has 2 rings (SSSR count). The van der Waals surface area contributed by atoms with E-state index in [1.54, 1.807) is 12.4 Å². The maximum atomic E-state index is 8.90. The van der Waals surface area contributed by atoms with Crippen LogP contribution in [-0.4, -0.2) is 20.1 Å². The summed E-state index contributed by atoms with van der Waals surface area (Å²) < 4.78 is 0. The number of hydrogen-bond donors (Lipinski definition) is 1. The van der Waals surface area contributed by atoms with Crippen LogP contribution in [0, 0.1) is 13.8 Å². The van der Waals surface area contributed by atoms with Gasteiger partial charge in [-0.2, -0.15) is 0 Å². The van der Waals surface area contributed by atoms with Gasteiger partial charge in [0.1, 0.15) is 0 Å². The minimum Gasteiger partial charge on any atom is -0.392 e. The maximum absolute atomic E-state index is 8.90. The molecule has 0 aromatic carbocycles. The summed E-state index contributed by atoms with van der Waals surface area (Å²) >= 11 is 0. The number of hydrogen-bond acceptors (Lipinski definition) is 4. The second-order valence-electron chi connectivity index (χ2n) is 3.71. The second kappa shape index (κ2) is 4.37. The molecular weight excluding hydrogens is 202 g/mol. The molecule has 2 heterocycles. The predicted molar refractivity (Wildman–Crippen MR) is 60.7 cm³/mol. The van der Waals surface area contributed by atoms with Crippen molar-refractivity contribution in [3.63, 3.8) is 0 Å². The SMILES string of the molecule is Cc1cc(-c2ncc(CO)cn2)cc(C)n1. The fourth-order valence-corrected chi connectivity index (χ4v) is 1.55. The Morgan fingerprint density at radius 2 is 1.62 bits per heavy atom. The molecule has 0 bridgehead atoms. The van der Waals surface area contributed by atoms with Gasteiger partial charge in [0.25, 0.3) is 0 Å². The standard InChI is InChI=1S/C12H13N3O/c1-8-3-11(4-9(2)15-8)12-13-5-10(7-16)6-14-12/h3-6,16H,7H2,1-2H3. The number of aliphatic hydroxyl groups excluding tert-OH is 1. The number of aliphatic hydroxyl groups is 1. The average Bonchev–Trinajstić information content (AvgIpc) is 2.28. The molecule has 4 heteroatoms. The summed E-state index contributed by atoms with van der Waals surface area (Å²) in [5.41, 5.74) is 3.57. The molecule has 1 N–H and O–H groups in total. The number of pyridine rings is 1. The summed E-state index contributed by atoms with van der Waals surface area (Å²) in [5.74, 6) is 0.658. The van der Waals surface area contributed by atoms with Crippen LogP contribution in [0.1, 0.15) is 17.0 Å². The number of nitrogens with zero attached hydrogens (tertiary/aromatic N) is 3. The van der Waals surface area contributed by atoms with Gasteiger partial charge in [-0.05, 0) is 26.0 Å². The van der Waals surface area contributed by atoms with Crippen molar-refractivity contribution in [2.75, 3.05) is 0 Å². The van der Waals surface area contributed by atoms with Gasteiger partial charge < -0.3 is 5.11 Å². The summed E-state index contributed by atoms with van der Waals surface area (Å²) in [6.45, 7) is 3.85. The summed E-state index contributed by atoms with van der Waals surface area (Å²) in [6.07, 6.45) is 3.26. The zero-order valence-corrected chi connectivity index (χ0v) is 9.31. The molecule has 2 aromatic heterocycles. The van der Waals surface area contributed by atoms with E-state index in [9.17, 15) is 0 Å². The van der Waals surface area contributed by atoms with E-state index in [4.69, 9.17) is 5.11 Å². The van der Waals surface area contributed by atoms with Gasteiger partial charge in [0.05, 0.1) is 6.61 Å². The Bertz CT molecular complexity index is 474. The Kier molecular flexibility index (Phi) is 2.92. The van der Waals surface area contributed by atoms with Crippen LogP contribution in [0.5, 0.6) is 0 Å². The van der Waals surface area contributed by atoms with Crippen LogP contribution >= 0.6 is 0 Å². The van der Waals surface area contributed by atoms with Crippen molar-refractivity contribution in [1.29, 1.82) is 0 Å². The molecule has 0 saturated carbocycles. The van der Waals surface area contributed by atoms with Crippen molar-refractivity contribution >= 4 is 0 Å². The van der Waals surface area contributed by atoms with E-state index in [2.05, 4.69) is 15.0 Å². The minimum atomic E-state index is -0.0331. The molecule has 0 amide bonds. The molecule has 0 atom stereocenters. The molecular formula is C12H13N3O. The normalized spacial score (nSPS) is 10.4. The number of aromatic nitrogens is 3. The van der Waals surface area contributed by atoms with Crippen LogP contribution in [0.15, 0.2) is 24.5 Å². The molecule has 0 fully saturated rings. The van der Waals surface area contributed by atoms with Crippen LogP contribution in [0.2, 0.25) is 0 Å². The van der Waals surface area contributed by atoms with Crippen molar-refractivity contribution in [2.24, 2.45) is 0 Å². The summed E-state index contributed by atoms with van der Waals surface area (Å²) in [7, 11) is 0. The molecule has 16 heavy (non-hydrogen) atoms. The lowest BCUT2D eigenvalue weighted by Crippen LogP contribution is -1.94. The lowest BCUT2D eigenvalue weighted by Gasteiger charge is -2.03. The van der Waals surface area contributed by atoms with E-state index in [-0.39, 0.29) is 6.61 Å². The van der Waals surface area contributed by atoms with Crippen molar-refractivity contribution in [3.05, 3.63) is 41.5 Å². The van der Waals surface area contributed by atoms with E-state index < -0.39 is 0 Å². The zero-order valence-electron chi connectivity index (χ0n) is 9.31. The Hall–Kier alpha value is -1.81. The van der Waals surface area contributed by atoms with Gasteiger partial charge in [0, 0.05) is 34.9 Å². The number of rotatable bonds is 2. The highest BCUT2D eigenvalue weighted by Crippen LogP contribution is 2.16. The zero-order chi connectivity index (χ0) is 11.5. The molecule has 0 spiro atoms. The van der Waals surface area contributed by atoms with Gasteiger partial charge in [-0.15, -0.1) is 0 Å². The first-order valence-corrected chi connectivity index (χ1v) is 5.06. The van der Waals surface area contributed by atoms with E-state index >= 15 is 0 Å². The smallest absolute Gasteiger partial charge is 0.159 e. The third kappa shape index (κ3) is 2.23. The van der Waals surface area contributed by atoms with Crippen LogP contribution in [0.4, 0.5) is 0 Å². The third-order valence-electron chi connectivity index (χ3n) is 2.23. The molecule has 82 valence electrons. The minimum absolute atomic E-state index is 0.0331. The molecule has 4 nitrogen and oxygen atoms in total. The van der Waals surface area contributed by atoms with Gasteiger partial charge in [-0.3, -0.25) is 4.98 Å². The van der Waals surface area contributed by atoms with E-state index in [1.807, 2.05) is 26.0 Å². The van der Waals surface area contributed by atoms with Gasteiger partial charge in [0.2, 0.25) is 0 Å². The largest absolute Gasteiger partial charge is 0.392 e. The Labute approximate surface area is 94.0 Å². The van der Waals surface area contributed by atoms with Gasteiger partial charge >= 0.3 is 0 Å². The topological polar surface area (TPSA) is 58.9 Å². The number of aryl methyl sites for hydroxylation is 2. The highest BCUT2D eigenvalue weighted by molar-refractivity contribution is 5.55. The molecule has 0 aliphatic carbocycles. The molecule has 0 unspecified atom stereocenters. The molecule has 0 aliphatic heterocycles. The van der Waals surface area contributed by atoms with E-state index in [0.29, 0.717) is 11.4 Å². The lowest BCUT2D eigenvalue weighted by molar-refractivity contribution is 0.281. The lowest BCUT2D eigenvalue weighted by atomic mass is 10.2. The first-order valence-electron chi connectivity index (χ1n) is 5.06. The fraction of sp³-hybridized carbons (Fsp3) is 0.250. The second-order valence-corrected chi connectivity index (χ2v) is 3.71. The van der Waals surface area contributed by atoms with Crippen LogP contribution < -0.4 is 0 Å². The van der Waals surface area contributed by atoms with Gasteiger partial charge in [-0.1, -0.05) is 0 Å². The van der Waals surface area contributed by atoms with Crippen molar-refractivity contribution in [3.8, 4) is 11.4 Å². The highest BCUT2D eigenvalue weighted by atomic mass is 16.3. The summed E-state index contributed by atoms with van der Waals surface area (Å²) in [5, 5.41) is 8.90. The van der Waals surface area contributed by atoms with Crippen molar-refractivity contribution in [1.82, 2.24) is 15.0 Å².